The molecule has 4 rings (SSSR count). The Bertz CT molecular complexity index is 995. The molecule has 28 heavy (non-hydrogen) atoms. The quantitative estimate of drug-likeness (QED) is 0.713. The average Bonchev–Trinajstić information content (AvgIpc) is 3.22. The summed E-state index contributed by atoms with van der Waals surface area (Å²) in [5, 5.41) is 9.91. The van der Waals surface area contributed by atoms with Gasteiger partial charge in [0, 0.05) is 17.0 Å². The lowest BCUT2D eigenvalue weighted by Gasteiger charge is -2.17. The van der Waals surface area contributed by atoms with Crippen LogP contribution >= 0.6 is 0 Å². The van der Waals surface area contributed by atoms with E-state index in [1.54, 1.807) is 13.2 Å². The van der Waals surface area contributed by atoms with Gasteiger partial charge >= 0.3 is 0 Å². The van der Waals surface area contributed by atoms with Crippen molar-refractivity contribution in [2.75, 3.05) is 7.11 Å². The molecule has 7 heteroatoms. The van der Waals surface area contributed by atoms with Gasteiger partial charge in [0.05, 0.1) is 19.3 Å². The minimum atomic E-state index is -0.230. The Morgan fingerprint density at radius 3 is 2.75 bits per heavy atom. The predicted molar refractivity (Wildman–Crippen MR) is 105 cm³/mol. The lowest BCUT2D eigenvalue weighted by molar-refractivity contribution is 0.0944. The molecule has 0 unspecified atom stereocenters. The molecule has 0 spiro atoms. The monoisotopic (exact) mass is 377 g/mol. The van der Waals surface area contributed by atoms with Crippen LogP contribution in [0.25, 0.3) is 11.3 Å². The molecule has 0 saturated heterocycles. The van der Waals surface area contributed by atoms with Gasteiger partial charge in [-0.25, -0.2) is 9.97 Å². The van der Waals surface area contributed by atoms with Gasteiger partial charge in [0.1, 0.15) is 17.3 Å². The molecule has 0 atom stereocenters. The second-order valence-electron chi connectivity index (χ2n) is 6.94. The molecule has 0 bridgehead atoms. The number of amides is 1. The second kappa shape index (κ2) is 7.80. The minimum Gasteiger partial charge on any atom is -0.497 e. The zero-order chi connectivity index (χ0) is 19.5. The van der Waals surface area contributed by atoms with Crippen LogP contribution < -0.4 is 10.1 Å². The van der Waals surface area contributed by atoms with Crippen LogP contribution in [-0.4, -0.2) is 33.2 Å². The van der Waals surface area contributed by atoms with Crippen molar-refractivity contribution in [3.05, 3.63) is 58.8 Å². The van der Waals surface area contributed by atoms with E-state index in [0.29, 0.717) is 23.8 Å². The van der Waals surface area contributed by atoms with E-state index in [2.05, 4.69) is 25.5 Å². The van der Waals surface area contributed by atoms with Crippen molar-refractivity contribution < 1.29 is 9.53 Å². The summed E-state index contributed by atoms with van der Waals surface area (Å²) in [5.74, 6) is 1.20. The molecule has 2 aromatic heterocycles. The first-order chi connectivity index (χ1) is 13.6. The van der Waals surface area contributed by atoms with Crippen molar-refractivity contribution in [1.82, 2.24) is 25.5 Å². The smallest absolute Gasteiger partial charge is 0.269 e. The third kappa shape index (κ3) is 3.74. The van der Waals surface area contributed by atoms with Crippen molar-refractivity contribution in [3.8, 4) is 17.0 Å². The number of fused-ring (bicyclic) bond motifs is 1. The van der Waals surface area contributed by atoms with Gasteiger partial charge in [-0.15, -0.1) is 0 Å². The van der Waals surface area contributed by atoms with Crippen molar-refractivity contribution in [2.24, 2.45) is 0 Å². The molecule has 2 heterocycles. The third-order valence-corrected chi connectivity index (χ3v) is 5.05. The Balaban J connectivity index is 1.43. The Morgan fingerprint density at radius 1 is 1.18 bits per heavy atom. The number of nitrogens with one attached hydrogen (secondary N) is 2. The maximum absolute atomic E-state index is 12.5. The van der Waals surface area contributed by atoms with Gasteiger partial charge < -0.3 is 10.1 Å². The van der Waals surface area contributed by atoms with E-state index >= 15 is 0 Å². The lowest BCUT2D eigenvalue weighted by atomic mass is 9.95. The predicted octanol–water partition coefficient (Wildman–Crippen LogP) is 2.99. The van der Waals surface area contributed by atoms with E-state index in [-0.39, 0.29) is 5.91 Å². The van der Waals surface area contributed by atoms with Crippen LogP contribution in [0.15, 0.2) is 30.3 Å². The fraction of sp³-hybridized carbons (Fsp3) is 0.333. The first-order valence-corrected chi connectivity index (χ1v) is 9.47. The van der Waals surface area contributed by atoms with Crippen molar-refractivity contribution in [2.45, 2.75) is 39.2 Å². The summed E-state index contributed by atoms with van der Waals surface area (Å²) in [6.45, 7) is 2.32. The summed E-state index contributed by atoms with van der Waals surface area (Å²) in [4.78, 5) is 21.7. The number of carbonyl (C=O) groups excluding carboxylic acids is 1. The van der Waals surface area contributed by atoms with Gasteiger partial charge in [-0.2, -0.15) is 5.10 Å². The Labute approximate surface area is 163 Å². The summed E-state index contributed by atoms with van der Waals surface area (Å²) in [6, 6.07) is 9.26. The molecule has 0 radical (unpaired) electrons. The minimum absolute atomic E-state index is 0.230. The molecule has 1 aromatic carbocycles. The van der Waals surface area contributed by atoms with Gasteiger partial charge in [-0.1, -0.05) is 0 Å². The van der Waals surface area contributed by atoms with Gasteiger partial charge in [-0.3, -0.25) is 9.89 Å². The fourth-order valence-electron chi connectivity index (χ4n) is 3.53. The van der Waals surface area contributed by atoms with E-state index in [1.807, 2.05) is 31.2 Å². The number of aromatic nitrogens is 4. The number of hydrogen-bond donors (Lipinski definition) is 2. The van der Waals surface area contributed by atoms with Crippen LogP contribution in [0.1, 0.15) is 46.1 Å². The first kappa shape index (κ1) is 18.2. The maximum Gasteiger partial charge on any atom is 0.269 e. The summed E-state index contributed by atoms with van der Waals surface area (Å²) < 4.78 is 5.16. The molecule has 144 valence electrons. The number of H-pyrrole nitrogens is 1. The molecule has 1 aliphatic rings. The van der Waals surface area contributed by atoms with E-state index in [0.717, 1.165) is 42.0 Å². The number of hydrogen-bond acceptors (Lipinski definition) is 5. The molecule has 1 aliphatic carbocycles. The zero-order valence-electron chi connectivity index (χ0n) is 16.1. The maximum atomic E-state index is 12.5. The van der Waals surface area contributed by atoms with Crippen molar-refractivity contribution in [1.29, 1.82) is 0 Å². The summed E-state index contributed by atoms with van der Waals surface area (Å²) in [6.07, 6.45) is 4.41. The molecule has 0 saturated carbocycles. The van der Waals surface area contributed by atoms with Gasteiger partial charge in [-0.05, 0) is 68.5 Å². The van der Waals surface area contributed by atoms with Crippen LogP contribution in [0.3, 0.4) is 0 Å². The average molecular weight is 377 g/mol. The number of aromatic amines is 1. The van der Waals surface area contributed by atoms with Crippen LogP contribution in [0.5, 0.6) is 5.75 Å². The number of nitrogens with zero attached hydrogens (tertiary/aromatic N) is 3. The third-order valence-electron chi connectivity index (χ3n) is 5.05. The number of carbonyl (C=O) groups is 1. The van der Waals surface area contributed by atoms with E-state index in [1.165, 1.54) is 12.0 Å². The number of aryl methyl sites for hydroxylation is 2. The topological polar surface area (TPSA) is 92.8 Å². The highest BCUT2D eigenvalue weighted by molar-refractivity contribution is 5.93. The highest BCUT2D eigenvalue weighted by Crippen LogP contribution is 2.22. The highest BCUT2D eigenvalue weighted by Gasteiger charge is 2.16. The number of ether oxygens (including phenoxy) is 1. The van der Waals surface area contributed by atoms with Gasteiger partial charge in [0.25, 0.3) is 5.91 Å². The molecule has 2 N–H and O–H groups in total. The molecule has 0 aliphatic heterocycles. The first-order valence-electron chi connectivity index (χ1n) is 9.47. The summed E-state index contributed by atoms with van der Waals surface area (Å²) in [5.41, 5.74) is 5.45. The summed E-state index contributed by atoms with van der Waals surface area (Å²) >= 11 is 0. The van der Waals surface area contributed by atoms with E-state index < -0.39 is 0 Å². The lowest BCUT2D eigenvalue weighted by Crippen LogP contribution is -2.25. The number of rotatable bonds is 5. The molecule has 7 nitrogen and oxygen atoms in total. The number of benzene rings is 1. The summed E-state index contributed by atoms with van der Waals surface area (Å²) in [7, 11) is 1.62. The zero-order valence-corrected chi connectivity index (χ0v) is 16.1. The fourth-order valence-corrected chi connectivity index (χ4v) is 3.53. The molecular formula is C21H23N5O2. The van der Waals surface area contributed by atoms with Crippen LogP contribution in [0, 0.1) is 6.92 Å². The Kier molecular flexibility index (Phi) is 5.06. The standard InChI is InChI=1S/C21H23N5O2/c1-13-16-5-3-4-6-17(16)24-20(23-13)12-22-21(27)19-11-18(25-26-19)14-7-9-15(28-2)10-8-14/h7-11H,3-6,12H2,1-2H3,(H,22,27)(H,25,26). The normalized spacial score (nSPS) is 13.1. The SMILES string of the molecule is COc1ccc(-c2cc(C(=O)NCc3nc(C)c4c(n3)CCCC4)[nH]n2)cc1. The molecule has 3 aromatic rings. The van der Waals surface area contributed by atoms with Crippen LogP contribution in [0.4, 0.5) is 0 Å². The van der Waals surface area contributed by atoms with E-state index in [9.17, 15) is 4.79 Å². The molecular weight excluding hydrogens is 354 g/mol. The second-order valence-corrected chi connectivity index (χ2v) is 6.94. The Hall–Kier alpha value is -3.22. The highest BCUT2D eigenvalue weighted by atomic mass is 16.5. The van der Waals surface area contributed by atoms with Crippen molar-refractivity contribution >= 4 is 5.91 Å². The van der Waals surface area contributed by atoms with Crippen LogP contribution in [-0.2, 0) is 19.4 Å². The largest absolute Gasteiger partial charge is 0.497 e. The van der Waals surface area contributed by atoms with Crippen LogP contribution in [0.2, 0.25) is 0 Å². The van der Waals surface area contributed by atoms with Crippen molar-refractivity contribution in [3.63, 3.8) is 0 Å². The van der Waals surface area contributed by atoms with Gasteiger partial charge in [0.2, 0.25) is 0 Å². The number of methoxy groups -OCH3 is 1. The van der Waals surface area contributed by atoms with E-state index in [4.69, 9.17) is 4.74 Å². The Morgan fingerprint density at radius 2 is 1.96 bits per heavy atom. The molecule has 0 fully saturated rings. The molecule has 1 amide bonds. The van der Waals surface area contributed by atoms with Gasteiger partial charge in [0.15, 0.2) is 0 Å².